The Morgan fingerprint density at radius 2 is 1.74 bits per heavy atom. The average Bonchev–Trinajstić information content (AvgIpc) is 2.51. The number of nitrogens with one attached hydrogen (secondary N) is 1. The largest absolute Gasteiger partial charge is 0.497 e. The summed E-state index contributed by atoms with van der Waals surface area (Å²) < 4.78 is 11.0. The summed E-state index contributed by atoms with van der Waals surface area (Å²) in [5.74, 6) is 1.17. The smallest absolute Gasteiger partial charge is 0.265 e. The number of aryl methyl sites for hydroxylation is 2. The Balaban J connectivity index is 2.08. The quantitative estimate of drug-likeness (QED) is 0.873. The maximum Gasteiger partial charge on any atom is 0.265 e. The third-order valence-electron chi connectivity index (χ3n) is 3.47. The molecular formula is C19H23NO3. The minimum Gasteiger partial charge on any atom is -0.497 e. The first-order valence-electron chi connectivity index (χ1n) is 7.71. The Hall–Kier alpha value is -2.49. The van der Waals surface area contributed by atoms with E-state index >= 15 is 0 Å². The molecule has 0 saturated carbocycles. The number of hydrogen-bond donors (Lipinski definition) is 1. The third kappa shape index (κ3) is 4.74. The molecule has 122 valence electrons. The van der Waals surface area contributed by atoms with Gasteiger partial charge >= 0.3 is 0 Å². The van der Waals surface area contributed by atoms with Crippen LogP contribution in [0, 0.1) is 13.8 Å². The molecule has 0 aromatic heterocycles. The average molecular weight is 313 g/mol. The van der Waals surface area contributed by atoms with Gasteiger partial charge in [0.2, 0.25) is 0 Å². The molecule has 0 aliphatic carbocycles. The van der Waals surface area contributed by atoms with Crippen LogP contribution in [0.15, 0.2) is 42.5 Å². The van der Waals surface area contributed by atoms with Crippen molar-refractivity contribution in [1.29, 1.82) is 0 Å². The van der Waals surface area contributed by atoms with E-state index in [9.17, 15) is 4.79 Å². The predicted molar refractivity (Wildman–Crippen MR) is 92.2 cm³/mol. The molecule has 2 rings (SSSR count). The molecule has 0 unspecified atom stereocenters. The van der Waals surface area contributed by atoms with Gasteiger partial charge in [-0.05, 0) is 55.7 Å². The lowest BCUT2D eigenvalue weighted by atomic mass is 10.1. The number of methoxy groups -OCH3 is 1. The van der Waals surface area contributed by atoms with Crippen molar-refractivity contribution in [2.45, 2.75) is 33.3 Å². The van der Waals surface area contributed by atoms with Crippen LogP contribution in [0.25, 0.3) is 0 Å². The van der Waals surface area contributed by atoms with E-state index in [4.69, 9.17) is 9.47 Å². The van der Waals surface area contributed by atoms with E-state index in [1.807, 2.05) is 51.1 Å². The zero-order chi connectivity index (χ0) is 16.8. The van der Waals surface area contributed by atoms with Gasteiger partial charge in [-0.1, -0.05) is 19.1 Å². The number of hydrogen-bond acceptors (Lipinski definition) is 3. The number of rotatable bonds is 6. The molecule has 0 bridgehead atoms. The van der Waals surface area contributed by atoms with Crippen LogP contribution < -0.4 is 14.8 Å². The van der Waals surface area contributed by atoms with Gasteiger partial charge in [0.05, 0.1) is 7.11 Å². The molecule has 0 radical (unpaired) electrons. The van der Waals surface area contributed by atoms with Gasteiger partial charge in [0.25, 0.3) is 5.91 Å². The molecule has 0 saturated heterocycles. The first-order valence-corrected chi connectivity index (χ1v) is 7.71. The second-order valence-electron chi connectivity index (χ2n) is 5.56. The number of ether oxygens (including phenoxy) is 2. The number of carbonyl (C=O) groups excluding carboxylic acids is 1. The topological polar surface area (TPSA) is 47.6 Å². The van der Waals surface area contributed by atoms with Gasteiger partial charge in [-0.15, -0.1) is 0 Å². The van der Waals surface area contributed by atoms with E-state index in [2.05, 4.69) is 11.4 Å². The van der Waals surface area contributed by atoms with Crippen molar-refractivity contribution in [2.24, 2.45) is 0 Å². The van der Waals surface area contributed by atoms with E-state index in [1.165, 1.54) is 0 Å². The summed E-state index contributed by atoms with van der Waals surface area (Å²) >= 11 is 0. The number of benzene rings is 2. The van der Waals surface area contributed by atoms with Gasteiger partial charge in [-0.3, -0.25) is 4.79 Å². The molecule has 0 aliphatic rings. The Bertz CT molecular complexity index is 662. The summed E-state index contributed by atoms with van der Waals surface area (Å²) in [5, 5.41) is 2.93. The van der Waals surface area contributed by atoms with Crippen LogP contribution in [0.4, 0.5) is 5.69 Å². The third-order valence-corrected chi connectivity index (χ3v) is 3.47. The van der Waals surface area contributed by atoms with Crippen molar-refractivity contribution in [3.8, 4) is 11.5 Å². The van der Waals surface area contributed by atoms with Crippen molar-refractivity contribution in [3.05, 3.63) is 53.6 Å². The lowest BCUT2D eigenvalue weighted by Crippen LogP contribution is -2.32. The minimum atomic E-state index is -0.553. The second kappa shape index (κ2) is 7.68. The summed E-state index contributed by atoms with van der Waals surface area (Å²) in [6.45, 7) is 5.94. The standard InChI is InChI=1S/C19H23NO3/c1-5-18(23-17-8-6-7-16(12-17)22-4)19(21)20-15-10-13(2)9-14(3)11-15/h6-12,18H,5H2,1-4H3,(H,20,21)/t18-/m0/s1. The van der Waals surface area contributed by atoms with E-state index in [0.717, 1.165) is 16.8 Å². The first-order chi connectivity index (χ1) is 11.0. The van der Waals surface area contributed by atoms with Crippen LogP contribution in [0.2, 0.25) is 0 Å². The van der Waals surface area contributed by atoms with Crippen LogP contribution in [0.1, 0.15) is 24.5 Å². The highest BCUT2D eigenvalue weighted by atomic mass is 16.5. The summed E-state index contributed by atoms with van der Waals surface area (Å²) in [7, 11) is 1.60. The highest BCUT2D eigenvalue weighted by Crippen LogP contribution is 2.21. The van der Waals surface area contributed by atoms with Crippen molar-refractivity contribution in [2.75, 3.05) is 12.4 Å². The lowest BCUT2D eigenvalue weighted by molar-refractivity contribution is -0.122. The second-order valence-corrected chi connectivity index (χ2v) is 5.56. The molecule has 1 atom stereocenters. The molecule has 0 aliphatic heterocycles. The summed E-state index contributed by atoms with van der Waals surface area (Å²) in [4.78, 5) is 12.5. The Kier molecular flexibility index (Phi) is 5.63. The SMILES string of the molecule is CC[C@H](Oc1cccc(OC)c1)C(=O)Nc1cc(C)cc(C)c1. The van der Waals surface area contributed by atoms with Crippen LogP contribution in [-0.2, 0) is 4.79 Å². The number of amides is 1. The molecule has 0 fully saturated rings. The van der Waals surface area contributed by atoms with E-state index < -0.39 is 6.10 Å². The molecular weight excluding hydrogens is 290 g/mol. The Morgan fingerprint density at radius 1 is 1.09 bits per heavy atom. The summed E-state index contributed by atoms with van der Waals surface area (Å²) in [5.41, 5.74) is 3.02. The van der Waals surface area contributed by atoms with Gasteiger partial charge in [0.1, 0.15) is 11.5 Å². The van der Waals surface area contributed by atoms with Gasteiger partial charge in [0, 0.05) is 11.8 Å². The summed E-state index contributed by atoms with van der Waals surface area (Å²) in [6.07, 6.45) is 0.0244. The fourth-order valence-corrected chi connectivity index (χ4v) is 2.43. The van der Waals surface area contributed by atoms with Crippen molar-refractivity contribution in [3.63, 3.8) is 0 Å². The number of carbonyl (C=O) groups is 1. The van der Waals surface area contributed by atoms with Crippen LogP contribution >= 0.6 is 0 Å². The van der Waals surface area contributed by atoms with Gasteiger partial charge in [-0.25, -0.2) is 0 Å². The van der Waals surface area contributed by atoms with Gasteiger partial charge in [0.15, 0.2) is 6.10 Å². The van der Waals surface area contributed by atoms with E-state index in [1.54, 1.807) is 13.2 Å². The molecule has 1 amide bonds. The predicted octanol–water partition coefficient (Wildman–Crippen LogP) is 4.11. The molecule has 1 N–H and O–H groups in total. The summed E-state index contributed by atoms with van der Waals surface area (Å²) in [6, 6.07) is 13.2. The molecule has 2 aromatic rings. The molecule has 0 heterocycles. The maximum atomic E-state index is 12.5. The lowest BCUT2D eigenvalue weighted by Gasteiger charge is -2.18. The fraction of sp³-hybridized carbons (Fsp3) is 0.316. The maximum absolute atomic E-state index is 12.5. The number of anilines is 1. The monoisotopic (exact) mass is 313 g/mol. The highest BCUT2D eigenvalue weighted by Gasteiger charge is 2.19. The molecule has 0 spiro atoms. The normalized spacial score (nSPS) is 11.7. The van der Waals surface area contributed by atoms with Crippen molar-refractivity contribution >= 4 is 11.6 Å². The molecule has 4 heteroatoms. The molecule has 4 nitrogen and oxygen atoms in total. The fourth-order valence-electron chi connectivity index (χ4n) is 2.43. The van der Waals surface area contributed by atoms with Crippen LogP contribution in [0.3, 0.4) is 0 Å². The molecule has 23 heavy (non-hydrogen) atoms. The Morgan fingerprint density at radius 3 is 2.35 bits per heavy atom. The first kappa shape index (κ1) is 16.9. The molecule has 2 aromatic carbocycles. The van der Waals surface area contributed by atoms with Crippen LogP contribution in [-0.4, -0.2) is 19.1 Å². The van der Waals surface area contributed by atoms with Gasteiger partial charge < -0.3 is 14.8 Å². The zero-order valence-corrected chi connectivity index (χ0v) is 14.1. The highest BCUT2D eigenvalue weighted by molar-refractivity contribution is 5.94. The van der Waals surface area contributed by atoms with Gasteiger partial charge in [-0.2, -0.15) is 0 Å². The van der Waals surface area contributed by atoms with E-state index in [-0.39, 0.29) is 5.91 Å². The minimum absolute atomic E-state index is 0.152. The zero-order valence-electron chi connectivity index (χ0n) is 14.1. The van der Waals surface area contributed by atoms with Crippen molar-refractivity contribution in [1.82, 2.24) is 0 Å². The Labute approximate surface area is 137 Å². The van der Waals surface area contributed by atoms with E-state index in [0.29, 0.717) is 17.9 Å². The van der Waals surface area contributed by atoms with Crippen molar-refractivity contribution < 1.29 is 14.3 Å². The van der Waals surface area contributed by atoms with Crippen LogP contribution in [0.5, 0.6) is 11.5 Å².